The van der Waals surface area contributed by atoms with Gasteiger partial charge in [0.15, 0.2) is 0 Å². The summed E-state index contributed by atoms with van der Waals surface area (Å²) in [5, 5.41) is 6.64. The van der Waals surface area contributed by atoms with Crippen molar-refractivity contribution in [2.75, 3.05) is 0 Å². The Morgan fingerprint density at radius 2 is 2.06 bits per heavy atom. The molecule has 0 saturated heterocycles. The minimum Gasteiger partial charge on any atom is -0.326 e. The number of hydrogen-bond donors (Lipinski definition) is 1. The predicted octanol–water partition coefficient (Wildman–Crippen LogP) is 0.909. The number of nitrogens with zero attached hydrogens (tertiary/aromatic N) is 3. The molecule has 4 nitrogen and oxygen atoms in total. The van der Waals surface area contributed by atoms with Gasteiger partial charge >= 0.3 is 12.3 Å². The van der Waals surface area contributed by atoms with E-state index < -0.39 is 18.2 Å². The number of nitrogens with two attached hydrogens (primary N) is 1. The average molecular weight is 238 g/mol. The van der Waals surface area contributed by atoms with Gasteiger partial charge in [-0.15, -0.1) is 10.2 Å². The summed E-state index contributed by atoms with van der Waals surface area (Å²) in [6, 6.07) is -0.323. The van der Waals surface area contributed by atoms with Crippen LogP contribution in [0.2, 0.25) is 0 Å². The summed E-state index contributed by atoms with van der Waals surface area (Å²) in [5.74, 6) is -4.98. The topological polar surface area (TPSA) is 56.7 Å². The second-order valence-electron chi connectivity index (χ2n) is 3.77. The zero-order chi connectivity index (χ0) is 11.9. The summed E-state index contributed by atoms with van der Waals surface area (Å²) in [6.07, 6.45) is -2.81. The number of alkyl halides is 4. The van der Waals surface area contributed by atoms with Crippen molar-refractivity contribution in [2.24, 2.45) is 5.73 Å². The highest BCUT2D eigenvalue weighted by molar-refractivity contribution is 5.07. The lowest BCUT2D eigenvalue weighted by molar-refractivity contribution is -0.143. The van der Waals surface area contributed by atoms with E-state index >= 15 is 0 Å². The van der Waals surface area contributed by atoms with E-state index in [0.717, 1.165) is 4.57 Å². The van der Waals surface area contributed by atoms with Crippen LogP contribution >= 0.6 is 0 Å². The highest BCUT2D eigenvalue weighted by Gasteiger charge is 2.48. The quantitative estimate of drug-likeness (QED) is 0.779. The SMILES string of the molecule is NC1CCc2nnc(C(F)(F)C(F)F)n2C1. The molecule has 0 aromatic carbocycles. The first-order valence-electron chi connectivity index (χ1n) is 4.77. The third kappa shape index (κ3) is 1.66. The van der Waals surface area contributed by atoms with Gasteiger partial charge in [-0.05, 0) is 6.42 Å². The van der Waals surface area contributed by atoms with Gasteiger partial charge in [0.05, 0.1) is 0 Å². The molecule has 8 heteroatoms. The maximum absolute atomic E-state index is 13.1. The first-order valence-corrected chi connectivity index (χ1v) is 4.77. The maximum atomic E-state index is 13.1. The third-order valence-corrected chi connectivity index (χ3v) is 2.56. The molecule has 90 valence electrons. The Morgan fingerprint density at radius 3 is 2.69 bits per heavy atom. The Balaban J connectivity index is 2.40. The molecular weight excluding hydrogens is 228 g/mol. The van der Waals surface area contributed by atoms with Crippen LogP contribution in [-0.4, -0.2) is 27.2 Å². The zero-order valence-corrected chi connectivity index (χ0v) is 8.21. The predicted molar refractivity (Wildman–Crippen MR) is 46.2 cm³/mol. The van der Waals surface area contributed by atoms with Gasteiger partial charge in [-0.1, -0.05) is 0 Å². The van der Waals surface area contributed by atoms with Crippen LogP contribution < -0.4 is 5.73 Å². The number of rotatable bonds is 2. The molecular formula is C8H10F4N4. The fourth-order valence-electron chi connectivity index (χ4n) is 1.70. The lowest BCUT2D eigenvalue weighted by atomic mass is 10.1. The molecule has 0 aliphatic carbocycles. The first-order chi connectivity index (χ1) is 7.43. The highest BCUT2D eigenvalue weighted by atomic mass is 19.3. The van der Waals surface area contributed by atoms with E-state index in [1.54, 1.807) is 0 Å². The van der Waals surface area contributed by atoms with Crippen molar-refractivity contribution < 1.29 is 17.6 Å². The Morgan fingerprint density at radius 1 is 1.38 bits per heavy atom. The van der Waals surface area contributed by atoms with Crippen molar-refractivity contribution in [1.82, 2.24) is 14.8 Å². The molecule has 0 saturated carbocycles. The van der Waals surface area contributed by atoms with Crippen molar-refractivity contribution in [3.63, 3.8) is 0 Å². The molecule has 2 heterocycles. The van der Waals surface area contributed by atoms with E-state index in [2.05, 4.69) is 10.2 Å². The van der Waals surface area contributed by atoms with Crippen molar-refractivity contribution >= 4 is 0 Å². The van der Waals surface area contributed by atoms with Gasteiger partial charge < -0.3 is 10.3 Å². The molecule has 1 unspecified atom stereocenters. The van der Waals surface area contributed by atoms with Crippen molar-refractivity contribution in [3.05, 3.63) is 11.6 Å². The van der Waals surface area contributed by atoms with Crippen molar-refractivity contribution in [3.8, 4) is 0 Å². The van der Waals surface area contributed by atoms with E-state index in [0.29, 0.717) is 12.8 Å². The molecule has 0 fully saturated rings. The number of aryl methyl sites for hydroxylation is 1. The summed E-state index contributed by atoms with van der Waals surface area (Å²) in [6.45, 7) is 0.0555. The Labute approximate surface area is 88.4 Å². The summed E-state index contributed by atoms with van der Waals surface area (Å²) >= 11 is 0. The van der Waals surface area contributed by atoms with Crippen LogP contribution in [0.1, 0.15) is 18.1 Å². The molecule has 0 bridgehead atoms. The number of aromatic nitrogens is 3. The first kappa shape index (κ1) is 11.3. The molecule has 1 atom stereocenters. The molecule has 0 spiro atoms. The molecule has 16 heavy (non-hydrogen) atoms. The van der Waals surface area contributed by atoms with E-state index in [9.17, 15) is 17.6 Å². The number of hydrogen-bond acceptors (Lipinski definition) is 3. The molecule has 1 aliphatic heterocycles. The normalized spacial score (nSPS) is 21.2. The van der Waals surface area contributed by atoms with Gasteiger partial charge in [-0.25, -0.2) is 8.78 Å². The maximum Gasteiger partial charge on any atom is 0.365 e. The third-order valence-electron chi connectivity index (χ3n) is 2.56. The molecule has 2 rings (SSSR count). The van der Waals surface area contributed by atoms with Gasteiger partial charge in [-0.2, -0.15) is 8.78 Å². The summed E-state index contributed by atoms with van der Waals surface area (Å²) in [5.41, 5.74) is 5.59. The minimum atomic E-state index is -4.28. The molecule has 0 amide bonds. The van der Waals surface area contributed by atoms with Crippen LogP contribution in [0.3, 0.4) is 0 Å². The van der Waals surface area contributed by atoms with Crippen LogP contribution in [0.25, 0.3) is 0 Å². The highest BCUT2D eigenvalue weighted by Crippen LogP contribution is 2.34. The number of halogens is 4. The smallest absolute Gasteiger partial charge is 0.326 e. The fraction of sp³-hybridized carbons (Fsp3) is 0.750. The second-order valence-corrected chi connectivity index (χ2v) is 3.77. The monoisotopic (exact) mass is 238 g/mol. The summed E-state index contributed by atoms with van der Waals surface area (Å²) < 4.78 is 51.6. The van der Waals surface area contributed by atoms with Crippen LogP contribution in [0.5, 0.6) is 0 Å². The van der Waals surface area contributed by atoms with Crippen molar-refractivity contribution in [1.29, 1.82) is 0 Å². The van der Waals surface area contributed by atoms with Crippen LogP contribution in [0.4, 0.5) is 17.6 Å². The lowest BCUT2D eigenvalue weighted by Gasteiger charge is -2.23. The van der Waals surface area contributed by atoms with Gasteiger partial charge in [0, 0.05) is 19.0 Å². The summed E-state index contributed by atoms with van der Waals surface area (Å²) in [7, 11) is 0. The van der Waals surface area contributed by atoms with Gasteiger partial charge in [-0.3, -0.25) is 0 Å². The fourth-order valence-corrected chi connectivity index (χ4v) is 1.70. The van der Waals surface area contributed by atoms with Crippen LogP contribution in [-0.2, 0) is 18.9 Å². The number of fused-ring (bicyclic) bond motifs is 1. The molecule has 1 aromatic heterocycles. The Kier molecular flexibility index (Phi) is 2.61. The standard InChI is InChI=1S/C8H10F4N4/c9-6(10)8(11,12)7-15-14-5-2-1-4(13)3-16(5)7/h4,6H,1-3,13H2. The van der Waals surface area contributed by atoms with E-state index in [-0.39, 0.29) is 18.4 Å². The largest absolute Gasteiger partial charge is 0.365 e. The molecule has 1 aliphatic rings. The van der Waals surface area contributed by atoms with E-state index in [1.807, 2.05) is 0 Å². The molecule has 2 N–H and O–H groups in total. The molecule has 0 radical (unpaired) electrons. The Bertz CT molecular complexity index is 389. The van der Waals surface area contributed by atoms with Gasteiger partial charge in [0.1, 0.15) is 5.82 Å². The Hall–Kier alpha value is -1.18. The minimum absolute atomic E-state index is 0.0555. The zero-order valence-electron chi connectivity index (χ0n) is 8.21. The second kappa shape index (κ2) is 3.69. The van der Waals surface area contributed by atoms with Gasteiger partial charge in [0.25, 0.3) is 0 Å². The van der Waals surface area contributed by atoms with Crippen molar-refractivity contribution in [2.45, 2.75) is 37.8 Å². The lowest BCUT2D eigenvalue weighted by Crippen LogP contribution is -2.36. The van der Waals surface area contributed by atoms with Gasteiger partial charge in [0.2, 0.25) is 5.82 Å². The van der Waals surface area contributed by atoms with Crippen LogP contribution in [0, 0.1) is 0 Å². The average Bonchev–Trinajstić information content (AvgIpc) is 2.60. The summed E-state index contributed by atoms with van der Waals surface area (Å²) in [4.78, 5) is 0. The van der Waals surface area contributed by atoms with Crippen LogP contribution in [0.15, 0.2) is 0 Å². The molecule has 1 aromatic rings. The van der Waals surface area contributed by atoms with E-state index in [4.69, 9.17) is 5.73 Å². The van der Waals surface area contributed by atoms with E-state index in [1.165, 1.54) is 0 Å².